The molecule has 1 fully saturated rings. The number of carbonyl (C=O) groups is 1. The summed E-state index contributed by atoms with van der Waals surface area (Å²) in [6.07, 6.45) is 0. The molecule has 1 N–H and O–H groups in total. The lowest BCUT2D eigenvalue weighted by Crippen LogP contribution is -2.38. The second-order valence-electron chi connectivity index (χ2n) is 2.45. The van der Waals surface area contributed by atoms with E-state index >= 15 is 0 Å². The average molecular weight is 175 g/mol. The second kappa shape index (κ2) is 3.97. The van der Waals surface area contributed by atoms with E-state index < -0.39 is 0 Å². The number of rotatable bonds is 2. The van der Waals surface area contributed by atoms with E-state index in [1.54, 1.807) is 11.8 Å². The summed E-state index contributed by atoms with van der Waals surface area (Å²) in [5.74, 6) is 0.731. The Kier molecular flexibility index (Phi) is 3.20. The number of nitrogens with one attached hydrogen (secondary N) is 1. The molecule has 0 aromatic heterocycles. The maximum atomic E-state index is 11.2. The van der Waals surface area contributed by atoms with E-state index in [1.165, 1.54) is 0 Å². The lowest BCUT2D eigenvalue weighted by atomic mass is 10.2. The maximum absolute atomic E-state index is 11.2. The van der Waals surface area contributed by atoms with E-state index in [9.17, 15) is 4.79 Å². The summed E-state index contributed by atoms with van der Waals surface area (Å²) in [6.45, 7) is 4.32. The fourth-order valence-corrected chi connectivity index (χ4v) is 1.98. The summed E-state index contributed by atoms with van der Waals surface area (Å²) in [5.41, 5.74) is 0. The standard InChI is InChI=1S/C7H13NO2S/c1-3-10-7(9)6-5(2)11-4-8-6/h5-6,8H,3-4H2,1-2H3/t5-,6+/m0/s1. The van der Waals surface area contributed by atoms with Gasteiger partial charge in [0.15, 0.2) is 0 Å². The molecule has 64 valence electrons. The number of esters is 1. The van der Waals surface area contributed by atoms with Crippen molar-refractivity contribution in [1.82, 2.24) is 5.32 Å². The quantitative estimate of drug-likeness (QED) is 0.624. The van der Waals surface area contributed by atoms with Crippen molar-refractivity contribution >= 4 is 17.7 Å². The second-order valence-corrected chi connectivity index (χ2v) is 3.82. The van der Waals surface area contributed by atoms with Gasteiger partial charge in [-0.15, -0.1) is 11.8 Å². The highest BCUT2D eigenvalue weighted by atomic mass is 32.2. The van der Waals surface area contributed by atoms with Crippen LogP contribution < -0.4 is 5.32 Å². The van der Waals surface area contributed by atoms with Gasteiger partial charge in [-0.2, -0.15) is 0 Å². The molecule has 0 aromatic rings. The normalized spacial score (nSPS) is 30.4. The molecule has 1 heterocycles. The van der Waals surface area contributed by atoms with Crippen molar-refractivity contribution in [2.24, 2.45) is 0 Å². The molecule has 0 spiro atoms. The number of thioether (sulfide) groups is 1. The molecule has 0 aromatic carbocycles. The molecule has 11 heavy (non-hydrogen) atoms. The molecule has 0 amide bonds. The van der Waals surface area contributed by atoms with Crippen molar-refractivity contribution in [1.29, 1.82) is 0 Å². The molecular formula is C7H13NO2S. The minimum absolute atomic E-state index is 0.0973. The van der Waals surface area contributed by atoms with E-state index in [-0.39, 0.29) is 12.0 Å². The van der Waals surface area contributed by atoms with Crippen molar-refractivity contribution < 1.29 is 9.53 Å². The molecule has 1 saturated heterocycles. The Balaban J connectivity index is 2.39. The van der Waals surface area contributed by atoms with Gasteiger partial charge in [0.25, 0.3) is 0 Å². The van der Waals surface area contributed by atoms with E-state index in [2.05, 4.69) is 5.32 Å². The predicted molar refractivity (Wildman–Crippen MR) is 45.5 cm³/mol. The molecular weight excluding hydrogens is 162 g/mol. The van der Waals surface area contributed by atoms with Gasteiger partial charge in [0.2, 0.25) is 0 Å². The zero-order chi connectivity index (χ0) is 8.27. The zero-order valence-corrected chi connectivity index (χ0v) is 7.61. The Bertz CT molecular complexity index is 151. The van der Waals surface area contributed by atoms with Gasteiger partial charge in [0, 0.05) is 11.1 Å². The molecule has 0 bridgehead atoms. The van der Waals surface area contributed by atoms with Gasteiger partial charge in [-0.05, 0) is 6.92 Å². The summed E-state index contributed by atoms with van der Waals surface area (Å²) in [7, 11) is 0. The predicted octanol–water partition coefficient (Wildman–Crippen LogP) is 0.600. The van der Waals surface area contributed by atoms with Crippen LogP contribution in [0.3, 0.4) is 0 Å². The first-order valence-corrected chi connectivity index (χ1v) is 4.82. The Morgan fingerprint density at radius 3 is 3.00 bits per heavy atom. The molecule has 3 nitrogen and oxygen atoms in total. The fourth-order valence-electron chi connectivity index (χ4n) is 1.04. The smallest absolute Gasteiger partial charge is 0.324 e. The van der Waals surface area contributed by atoms with Crippen LogP contribution in [0, 0.1) is 0 Å². The van der Waals surface area contributed by atoms with Crippen molar-refractivity contribution in [3.63, 3.8) is 0 Å². The highest BCUT2D eigenvalue weighted by Gasteiger charge is 2.30. The van der Waals surface area contributed by atoms with Gasteiger partial charge < -0.3 is 4.74 Å². The lowest BCUT2D eigenvalue weighted by Gasteiger charge is -2.12. The highest BCUT2D eigenvalue weighted by Crippen LogP contribution is 2.20. The molecule has 0 unspecified atom stereocenters. The molecule has 0 aliphatic carbocycles. The summed E-state index contributed by atoms with van der Waals surface area (Å²) in [6, 6.07) is -0.0973. The Hall–Kier alpha value is -0.220. The molecule has 1 aliphatic rings. The summed E-state index contributed by atoms with van der Waals surface area (Å²) < 4.78 is 4.88. The molecule has 0 radical (unpaired) electrons. The van der Waals surface area contributed by atoms with E-state index in [0.717, 1.165) is 5.88 Å². The number of hydrogen-bond donors (Lipinski definition) is 1. The van der Waals surface area contributed by atoms with E-state index in [1.807, 2.05) is 13.8 Å². The van der Waals surface area contributed by atoms with Crippen molar-refractivity contribution in [2.75, 3.05) is 12.5 Å². The third-order valence-electron chi connectivity index (χ3n) is 1.66. The summed E-state index contributed by atoms with van der Waals surface area (Å²) >= 11 is 1.75. The number of carbonyl (C=O) groups excluding carboxylic acids is 1. The highest BCUT2D eigenvalue weighted by molar-refractivity contribution is 8.00. The van der Waals surface area contributed by atoms with Crippen molar-refractivity contribution in [3.05, 3.63) is 0 Å². The first kappa shape index (κ1) is 8.87. The van der Waals surface area contributed by atoms with Gasteiger partial charge in [-0.25, -0.2) is 0 Å². The van der Waals surface area contributed by atoms with Gasteiger partial charge in [0.05, 0.1) is 6.61 Å². The average Bonchev–Trinajstić information content (AvgIpc) is 2.36. The zero-order valence-electron chi connectivity index (χ0n) is 6.79. The third kappa shape index (κ3) is 2.10. The van der Waals surface area contributed by atoms with Crippen LogP contribution in [0.15, 0.2) is 0 Å². The monoisotopic (exact) mass is 175 g/mol. The Morgan fingerprint density at radius 1 is 1.82 bits per heavy atom. The minimum atomic E-state index is -0.120. The van der Waals surface area contributed by atoms with Crippen LogP contribution in [0.2, 0.25) is 0 Å². The SMILES string of the molecule is CCOC(=O)[C@@H]1NCS[C@H]1C. The minimum Gasteiger partial charge on any atom is -0.465 e. The van der Waals surface area contributed by atoms with Crippen LogP contribution in [0.5, 0.6) is 0 Å². The van der Waals surface area contributed by atoms with Gasteiger partial charge in [-0.1, -0.05) is 6.92 Å². The molecule has 1 aliphatic heterocycles. The van der Waals surface area contributed by atoms with Crippen LogP contribution in [-0.4, -0.2) is 29.7 Å². The van der Waals surface area contributed by atoms with Crippen LogP contribution in [-0.2, 0) is 9.53 Å². The van der Waals surface area contributed by atoms with E-state index in [4.69, 9.17) is 4.74 Å². The Labute approximate surface area is 70.9 Å². The Morgan fingerprint density at radius 2 is 2.55 bits per heavy atom. The van der Waals surface area contributed by atoms with Crippen molar-refractivity contribution in [3.8, 4) is 0 Å². The number of ether oxygens (including phenoxy) is 1. The summed E-state index contributed by atoms with van der Waals surface area (Å²) in [4.78, 5) is 11.2. The van der Waals surface area contributed by atoms with Crippen molar-refractivity contribution in [2.45, 2.75) is 25.1 Å². The van der Waals surface area contributed by atoms with Crippen LogP contribution in [0.1, 0.15) is 13.8 Å². The topological polar surface area (TPSA) is 38.3 Å². The van der Waals surface area contributed by atoms with Gasteiger partial charge in [0.1, 0.15) is 6.04 Å². The molecule has 0 saturated carbocycles. The third-order valence-corrected chi connectivity index (χ3v) is 2.79. The van der Waals surface area contributed by atoms with Gasteiger partial charge in [-0.3, -0.25) is 10.1 Å². The first-order chi connectivity index (χ1) is 5.25. The largest absolute Gasteiger partial charge is 0.465 e. The first-order valence-electron chi connectivity index (χ1n) is 3.77. The van der Waals surface area contributed by atoms with Gasteiger partial charge >= 0.3 is 5.97 Å². The molecule has 1 rings (SSSR count). The lowest BCUT2D eigenvalue weighted by molar-refractivity contribution is -0.145. The van der Waals surface area contributed by atoms with E-state index in [0.29, 0.717) is 11.9 Å². The summed E-state index contributed by atoms with van der Waals surface area (Å²) in [5, 5.41) is 3.42. The van der Waals surface area contributed by atoms with Crippen LogP contribution >= 0.6 is 11.8 Å². The molecule has 4 heteroatoms. The number of hydrogen-bond acceptors (Lipinski definition) is 4. The fraction of sp³-hybridized carbons (Fsp3) is 0.857. The van der Waals surface area contributed by atoms with Crippen LogP contribution in [0.25, 0.3) is 0 Å². The maximum Gasteiger partial charge on any atom is 0.324 e. The molecule has 2 atom stereocenters. The van der Waals surface area contributed by atoms with Crippen LogP contribution in [0.4, 0.5) is 0 Å².